The van der Waals surface area contributed by atoms with Crippen molar-refractivity contribution in [2.24, 2.45) is 0 Å². The van der Waals surface area contributed by atoms with Crippen molar-refractivity contribution < 1.29 is 22.7 Å². The predicted molar refractivity (Wildman–Crippen MR) is 112 cm³/mol. The summed E-state index contributed by atoms with van der Waals surface area (Å²) in [6.45, 7) is 4.03. The molecule has 0 aliphatic carbocycles. The van der Waals surface area contributed by atoms with Gasteiger partial charge in [-0.25, -0.2) is 12.7 Å². The number of carbonyl (C=O) groups is 1. The van der Waals surface area contributed by atoms with Crippen LogP contribution in [0.2, 0.25) is 5.02 Å². The van der Waals surface area contributed by atoms with Crippen molar-refractivity contribution in [2.45, 2.75) is 24.8 Å². The molecule has 2 rings (SSSR count). The Balaban J connectivity index is 1.78. The summed E-state index contributed by atoms with van der Waals surface area (Å²) in [7, 11) is -0.524. The van der Waals surface area contributed by atoms with E-state index < -0.39 is 16.1 Å². The van der Waals surface area contributed by atoms with Gasteiger partial charge < -0.3 is 14.8 Å². The molecule has 0 bridgehead atoms. The lowest BCUT2D eigenvalue weighted by Gasteiger charge is -2.16. The molecule has 0 spiro atoms. The molecule has 1 atom stereocenters. The van der Waals surface area contributed by atoms with E-state index in [1.54, 1.807) is 37.3 Å². The Morgan fingerprint density at radius 3 is 2.34 bits per heavy atom. The molecule has 9 heteroatoms. The van der Waals surface area contributed by atoms with E-state index in [0.29, 0.717) is 16.5 Å². The Morgan fingerprint density at radius 1 is 1.14 bits per heavy atom. The zero-order valence-electron chi connectivity index (χ0n) is 16.8. The van der Waals surface area contributed by atoms with Gasteiger partial charge in [0.05, 0.1) is 11.4 Å². The highest BCUT2D eigenvalue weighted by Crippen LogP contribution is 2.22. The summed E-state index contributed by atoms with van der Waals surface area (Å²) in [4.78, 5) is 12.3. The normalized spacial score (nSPS) is 12.5. The van der Waals surface area contributed by atoms with Gasteiger partial charge in [-0.3, -0.25) is 4.79 Å². The van der Waals surface area contributed by atoms with Crippen LogP contribution in [0.4, 0.5) is 0 Å². The number of hydrogen-bond donors (Lipinski definition) is 1. The SMILES string of the molecule is Cc1cc(O[C@@H](C)C(=O)NCCOc2ccc(S(=O)(=O)N(C)C)cc2)ccc1Cl. The van der Waals surface area contributed by atoms with Gasteiger partial charge in [0.1, 0.15) is 18.1 Å². The maximum absolute atomic E-state index is 12.1. The van der Waals surface area contributed by atoms with Crippen molar-refractivity contribution in [1.29, 1.82) is 0 Å². The molecule has 29 heavy (non-hydrogen) atoms. The number of rotatable bonds is 9. The van der Waals surface area contributed by atoms with Crippen LogP contribution in [0.25, 0.3) is 0 Å². The van der Waals surface area contributed by atoms with Gasteiger partial charge in [0.25, 0.3) is 5.91 Å². The molecule has 0 radical (unpaired) electrons. The average molecular weight is 441 g/mol. The van der Waals surface area contributed by atoms with Crippen LogP contribution in [-0.4, -0.2) is 52.0 Å². The number of carbonyl (C=O) groups excluding carboxylic acids is 1. The summed E-state index contributed by atoms with van der Waals surface area (Å²) in [5.41, 5.74) is 0.870. The van der Waals surface area contributed by atoms with Crippen LogP contribution in [0.5, 0.6) is 11.5 Å². The highest BCUT2D eigenvalue weighted by Gasteiger charge is 2.17. The van der Waals surface area contributed by atoms with Gasteiger partial charge in [-0.15, -0.1) is 0 Å². The summed E-state index contributed by atoms with van der Waals surface area (Å²) in [5, 5.41) is 3.37. The minimum atomic E-state index is -3.47. The van der Waals surface area contributed by atoms with Gasteiger partial charge in [-0.2, -0.15) is 0 Å². The van der Waals surface area contributed by atoms with Crippen molar-refractivity contribution in [2.75, 3.05) is 27.2 Å². The first kappa shape index (κ1) is 23.0. The van der Waals surface area contributed by atoms with Crippen molar-refractivity contribution in [3.63, 3.8) is 0 Å². The fraction of sp³-hybridized carbons (Fsp3) is 0.350. The molecule has 1 N–H and O–H groups in total. The molecule has 0 aliphatic heterocycles. The molecule has 1 amide bonds. The monoisotopic (exact) mass is 440 g/mol. The molecule has 0 saturated heterocycles. The number of ether oxygens (including phenoxy) is 2. The summed E-state index contributed by atoms with van der Waals surface area (Å²) in [6.07, 6.45) is -0.675. The Bertz CT molecular complexity index is 946. The van der Waals surface area contributed by atoms with Crippen LogP contribution in [0.15, 0.2) is 47.4 Å². The standard InChI is InChI=1S/C20H25ClN2O5S/c1-14-13-17(7-10-19(14)21)28-15(2)20(24)22-11-12-27-16-5-8-18(9-6-16)29(25,26)23(3)4/h5-10,13,15H,11-12H2,1-4H3,(H,22,24)/t15-/m0/s1. The van der Waals surface area contributed by atoms with Crippen LogP contribution in [-0.2, 0) is 14.8 Å². The molecular weight excluding hydrogens is 416 g/mol. The maximum Gasteiger partial charge on any atom is 0.260 e. The Morgan fingerprint density at radius 2 is 1.76 bits per heavy atom. The molecule has 158 valence electrons. The van der Waals surface area contributed by atoms with Crippen molar-refractivity contribution >= 4 is 27.5 Å². The van der Waals surface area contributed by atoms with Gasteiger partial charge in [0.15, 0.2) is 6.10 Å². The minimum absolute atomic E-state index is 0.187. The molecular formula is C20H25ClN2O5S. The second-order valence-corrected chi connectivity index (χ2v) is 9.13. The molecule has 0 saturated carbocycles. The van der Waals surface area contributed by atoms with E-state index in [9.17, 15) is 13.2 Å². The number of aryl methyl sites for hydroxylation is 1. The first-order valence-corrected chi connectivity index (χ1v) is 10.8. The molecule has 0 unspecified atom stereocenters. The molecule has 0 heterocycles. The van der Waals surface area contributed by atoms with Crippen LogP contribution in [0, 0.1) is 6.92 Å². The number of benzene rings is 2. The number of hydrogen-bond acceptors (Lipinski definition) is 5. The Kier molecular flexibility index (Phi) is 7.89. The van der Waals surface area contributed by atoms with Gasteiger partial charge in [-0.1, -0.05) is 11.6 Å². The lowest BCUT2D eigenvalue weighted by atomic mass is 10.2. The van der Waals surface area contributed by atoms with E-state index >= 15 is 0 Å². The van der Waals surface area contributed by atoms with Crippen molar-refractivity contribution in [3.8, 4) is 11.5 Å². The largest absolute Gasteiger partial charge is 0.492 e. The first-order valence-electron chi connectivity index (χ1n) is 8.97. The second-order valence-electron chi connectivity index (χ2n) is 6.57. The Labute approximate surface area is 176 Å². The van der Waals surface area contributed by atoms with Crippen LogP contribution < -0.4 is 14.8 Å². The lowest BCUT2D eigenvalue weighted by molar-refractivity contribution is -0.127. The topological polar surface area (TPSA) is 84.9 Å². The summed E-state index contributed by atoms with van der Waals surface area (Å²) < 4.78 is 36.4. The highest BCUT2D eigenvalue weighted by atomic mass is 35.5. The average Bonchev–Trinajstić information content (AvgIpc) is 2.68. The molecule has 0 aliphatic rings. The van der Waals surface area contributed by atoms with Gasteiger partial charge in [0.2, 0.25) is 10.0 Å². The zero-order valence-corrected chi connectivity index (χ0v) is 18.4. The lowest BCUT2D eigenvalue weighted by Crippen LogP contribution is -2.38. The fourth-order valence-electron chi connectivity index (χ4n) is 2.35. The van der Waals surface area contributed by atoms with Gasteiger partial charge >= 0.3 is 0 Å². The van der Waals surface area contributed by atoms with Gasteiger partial charge in [0, 0.05) is 19.1 Å². The fourth-order valence-corrected chi connectivity index (χ4v) is 3.37. The quantitative estimate of drug-likeness (QED) is 0.606. The molecule has 2 aromatic rings. The van der Waals surface area contributed by atoms with E-state index in [2.05, 4.69) is 5.32 Å². The number of halogens is 1. The third-order valence-corrected chi connectivity index (χ3v) is 6.34. The van der Waals surface area contributed by atoms with Crippen LogP contribution in [0.3, 0.4) is 0 Å². The van der Waals surface area contributed by atoms with E-state index in [4.69, 9.17) is 21.1 Å². The number of amides is 1. The number of sulfonamides is 1. The van der Waals surface area contributed by atoms with Gasteiger partial charge in [-0.05, 0) is 61.9 Å². The van der Waals surface area contributed by atoms with Crippen LogP contribution in [0.1, 0.15) is 12.5 Å². The molecule has 0 aromatic heterocycles. The smallest absolute Gasteiger partial charge is 0.260 e. The third-order valence-electron chi connectivity index (χ3n) is 4.08. The summed E-state index contributed by atoms with van der Waals surface area (Å²) >= 11 is 5.98. The maximum atomic E-state index is 12.1. The molecule has 2 aromatic carbocycles. The third kappa shape index (κ3) is 6.35. The van der Waals surface area contributed by atoms with E-state index in [-0.39, 0.29) is 24.0 Å². The zero-order chi connectivity index (χ0) is 21.6. The molecule has 7 nitrogen and oxygen atoms in total. The number of nitrogens with one attached hydrogen (secondary N) is 1. The second kappa shape index (κ2) is 9.96. The van der Waals surface area contributed by atoms with Crippen molar-refractivity contribution in [1.82, 2.24) is 9.62 Å². The first-order chi connectivity index (χ1) is 13.6. The minimum Gasteiger partial charge on any atom is -0.492 e. The number of nitrogens with zero attached hydrogens (tertiary/aromatic N) is 1. The molecule has 0 fully saturated rings. The highest BCUT2D eigenvalue weighted by molar-refractivity contribution is 7.89. The van der Waals surface area contributed by atoms with Crippen molar-refractivity contribution in [3.05, 3.63) is 53.1 Å². The Hall–Kier alpha value is -2.29. The summed E-state index contributed by atoms with van der Waals surface area (Å²) in [5.74, 6) is 0.810. The van der Waals surface area contributed by atoms with E-state index in [1.165, 1.54) is 26.2 Å². The van der Waals surface area contributed by atoms with E-state index in [0.717, 1.165) is 9.87 Å². The summed E-state index contributed by atoms with van der Waals surface area (Å²) in [6, 6.07) is 11.3. The van der Waals surface area contributed by atoms with Crippen LogP contribution >= 0.6 is 11.6 Å². The predicted octanol–water partition coefficient (Wildman–Crippen LogP) is 2.86. The van der Waals surface area contributed by atoms with E-state index in [1.807, 2.05) is 6.92 Å².